The van der Waals surface area contributed by atoms with Gasteiger partial charge in [0.1, 0.15) is 5.82 Å². The third-order valence-electron chi connectivity index (χ3n) is 2.71. The van der Waals surface area contributed by atoms with Gasteiger partial charge in [0.2, 0.25) is 0 Å². The summed E-state index contributed by atoms with van der Waals surface area (Å²) in [7, 11) is 0. The first-order valence-electron chi connectivity index (χ1n) is 6.31. The van der Waals surface area contributed by atoms with Gasteiger partial charge >= 0.3 is 0 Å². The van der Waals surface area contributed by atoms with Gasteiger partial charge in [-0.05, 0) is 12.5 Å². The van der Waals surface area contributed by atoms with Crippen LogP contribution in [0.2, 0.25) is 0 Å². The lowest BCUT2D eigenvalue weighted by Gasteiger charge is -2.04. The summed E-state index contributed by atoms with van der Waals surface area (Å²) in [5.74, 6) is 1.72. The van der Waals surface area contributed by atoms with Crippen LogP contribution in [0, 0.1) is 0 Å². The minimum Gasteiger partial charge on any atom is -0.324 e. The standard InChI is InChI=1S/C14H18N4S/c1-2-18-13(11-15)16-17-14(18)19-10-6-9-12-7-4-3-5-8-12/h3-9H,2,10-11,15H2,1H3. The number of hydrogen-bond donors (Lipinski definition) is 1. The normalized spacial score (nSPS) is 11.3. The van der Waals surface area contributed by atoms with Gasteiger partial charge in [0.25, 0.3) is 0 Å². The Kier molecular flexibility index (Phi) is 5.18. The molecule has 2 rings (SSSR count). The van der Waals surface area contributed by atoms with E-state index in [0.29, 0.717) is 6.54 Å². The van der Waals surface area contributed by atoms with Crippen LogP contribution in [0.4, 0.5) is 0 Å². The van der Waals surface area contributed by atoms with E-state index in [0.717, 1.165) is 23.3 Å². The van der Waals surface area contributed by atoms with E-state index < -0.39 is 0 Å². The van der Waals surface area contributed by atoms with E-state index in [2.05, 4.69) is 46.0 Å². The molecule has 0 fully saturated rings. The zero-order valence-electron chi connectivity index (χ0n) is 11.0. The molecule has 2 N–H and O–H groups in total. The van der Waals surface area contributed by atoms with Crippen molar-refractivity contribution in [1.29, 1.82) is 0 Å². The molecule has 0 unspecified atom stereocenters. The number of rotatable bonds is 6. The highest BCUT2D eigenvalue weighted by Gasteiger charge is 2.08. The van der Waals surface area contributed by atoms with E-state index in [4.69, 9.17) is 5.73 Å². The summed E-state index contributed by atoms with van der Waals surface area (Å²) in [6.07, 6.45) is 4.25. The molecule has 0 aliphatic heterocycles. The molecule has 0 radical (unpaired) electrons. The average Bonchev–Trinajstić information content (AvgIpc) is 2.86. The van der Waals surface area contributed by atoms with Gasteiger partial charge in [0, 0.05) is 12.3 Å². The highest BCUT2D eigenvalue weighted by atomic mass is 32.2. The molecule has 1 heterocycles. The molecule has 2 aromatic rings. The highest BCUT2D eigenvalue weighted by molar-refractivity contribution is 7.99. The van der Waals surface area contributed by atoms with E-state index >= 15 is 0 Å². The van der Waals surface area contributed by atoms with Crippen molar-refractivity contribution in [1.82, 2.24) is 14.8 Å². The second-order valence-corrected chi connectivity index (χ2v) is 4.96. The van der Waals surface area contributed by atoms with Crippen molar-refractivity contribution in [2.75, 3.05) is 5.75 Å². The highest BCUT2D eigenvalue weighted by Crippen LogP contribution is 2.17. The van der Waals surface area contributed by atoms with Crippen molar-refractivity contribution in [3.63, 3.8) is 0 Å². The van der Waals surface area contributed by atoms with Crippen LogP contribution in [-0.4, -0.2) is 20.5 Å². The maximum Gasteiger partial charge on any atom is 0.191 e. The summed E-state index contributed by atoms with van der Waals surface area (Å²) < 4.78 is 2.06. The fraction of sp³-hybridized carbons (Fsp3) is 0.286. The second-order valence-electron chi connectivity index (χ2n) is 3.97. The monoisotopic (exact) mass is 274 g/mol. The molecule has 1 aromatic heterocycles. The Hall–Kier alpha value is -1.59. The zero-order chi connectivity index (χ0) is 13.5. The molecule has 4 nitrogen and oxygen atoms in total. The SMILES string of the molecule is CCn1c(CN)nnc1SCC=Cc1ccccc1. The first kappa shape index (κ1) is 13.8. The Labute approximate surface area is 117 Å². The topological polar surface area (TPSA) is 56.7 Å². The molecule has 100 valence electrons. The molecule has 0 atom stereocenters. The summed E-state index contributed by atoms with van der Waals surface area (Å²) in [5, 5.41) is 9.18. The number of thioether (sulfide) groups is 1. The molecule has 0 bridgehead atoms. The van der Waals surface area contributed by atoms with Gasteiger partial charge in [-0.2, -0.15) is 0 Å². The van der Waals surface area contributed by atoms with E-state index in [-0.39, 0.29) is 0 Å². The van der Waals surface area contributed by atoms with Gasteiger partial charge in [-0.1, -0.05) is 54.2 Å². The Morgan fingerprint density at radius 3 is 2.74 bits per heavy atom. The van der Waals surface area contributed by atoms with Crippen molar-refractivity contribution in [3.8, 4) is 0 Å². The minimum absolute atomic E-state index is 0.432. The van der Waals surface area contributed by atoms with Crippen LogP contribution in [0.5, 0.6) is 0 Å². The van der Waals surface area contributed by atoms with Crippen LogP contribution in [0.25, 0.3) is 6.08 Å². The first-order chi connectivity index (χ1) is 9.35. The number of aromatic nitrogens is 3. The molecule has 5 heteroatoms. The molecule has 0 spiro atoms. The van der Waals surface area contributed by atoms with Crippen molar-refractivity contribution in [3.05, 3.63) is 47.8 Å². The fourth-order valence-electron chi connectivity index (χ4n) is 1.77. The third kappa shape index (κ3) is 3.68. The van der Waals surface area contributed by atoms with Gasteiger partial charge in [0.15, 0.2) is 5.16 Å². The van der Waals surface area contributed by atoms with E-state index in [1.54, 1.807) is 11.8 Å². The Morgan fingerprint density at radius 1 is 1.26 bits per heavy atom. The molecular weight excluding hydrogens is 256 g/mol. The second kappa shape index (κ2) is 7.11. The molecular formula is C14H18N4S. The van der Waals surface area contributed by atoms with E-state index in [1.165, 1.54) is 5.56 Å². The van der Waals surface area contributed by atoms with E-state index in [1.807, 2.05) is 18.2 Å². The Bertz CT molecular complexity index is 534. The van der Waals surface area contributed by atoms with Crippen LogP contribution in [0.3, 0.4) is 0 Å². The number of benzene rings is 1. The van der Waals surface area contributed by atoms with Gasteiger partial charge in [-0.3, -0.25) is 0 Å². The van der Waals surface area contributed by atoms with Crippen LogP contribution in [0.1, 0.15) is 18.3 Å². The van der Waals surface area contributed by atoms with Crippen molar-refractivity contribution in [2.24, 2.45) is 5.73 Å². The maximum atomic E-state index is 5.62. The molecule has 0 saturated carbocycles. The lowest BCUT2D eigenvalue weighted by Crippen LogP contribution is -2.08. The molecule has 0 aliphatic carbocycles. The van der Waals surface area contributed by atoms with Crippen LogP contribution >= 0.6 is 11.8 Å². The lowest BCUT2D eigenvalue weighted by molar-refractivity contribution is 0.643. The maximum absolute atomic E-state index is 5.62. The minimum atomic E-state index is 0.432. The molecule has 0 saturated heterocycles. The van der Waals surface area contributed by atoms with E-state index in [9.17, 15) is 0 Å². The average molecular weight is 274 g/mol. The molecule has 0 amide bonds. The van der Waals surface area contributed by atoms with Crippen molar-refractivity contribution >= 4 is 17.8 Å². The lowest BCUT2D eigenvalue weighted by atomic mass is 10.2. The van der Waals surface area contributed by atoms with Crippen LogP contribution in [0.15, 0.2) is 41.6 Å². The number of nitrogens with two attached hydrogens (primary N) is 1. The predicted octanol–water partition coefficient (Wildman–Crippen LogP) is 2.56. The summed E-state index contributed by atoms with van der Waals surface area (Å²) in [6.45, 7) is 3.36. The first-order valence-corrected chi connectivity index (χ1v) is 7.30. The summed E-state index contributed by atoms with van der Waals surface area (Å²) in [6, 6.07) is 10.3. The van der Waals surface area contributed by atoms with Crippen LogP contribution < -0.4 is 5.73 Å². The van der Waals surface area contributed by atoms with Gasteiger partial charge in [0.05, 0.1) is 6.54 Å². The fourth-order valence-corrected chi connectivity index (χ4v) is 2.60. The Morgan fingerprint density at radius 2 is 2.05 bits per heavy atom. The largest absolute Gasteiger partial charge is 0.324 e. The number of hydrogen-bond acceptors (Lipinski definition) is 4. The van der Waals surface area contributed by atoms with Gasteiger partial charge in [-0.15, -0.1) is 10.2 Å². The Balaban J connectivity index is 1.92. The third-order valence-corrected chi connectivity index (χ3v) is 3.63. The molecule has 1 aromatic carbocycles. The predicted molar refractivity (Wildman–Crippen MR) is 79.8 cm³/mol. The molecule has 19 heavy (non-hydrogen) atoms. The van der Waals surface area contributed by atoms with Gasteiger partial charge < -0.3 is 10.3 Å². The smallest absolute Gasteiger partial charge is 0.191 e. The van der Waals surface area contributed by atoms with Crippen molar-refractivity contribution in [2.45, 2.75) is 25.2 Å². The van der Waals surface area contributed by atoms with Gasteiger partial charge in [-0.25, -0.2) is 0 Å². The number of nitrogens with zero attached hydrogens (tertiary/aromatic N) is 3. The molecule has 0 aliphatic rings. The van der Waals surface area contributed by atoms with Crippen molar-refractivity contribution < 1.29 is 0 Å². The summed E-state index contributed by atoms with van der Waals surface area (Å²) in [4.78, 5) is 0. The zero-order valence-corrected chi connectivity index (χ0v) is 11.8. The van der Waals surface area contributed by atoms with Crippen LogP contribution in [-0.2, 0) is 13.1 Å². The summed E-state index contributed by atoms with van der Waals surface area (Å²) >= 11 is 1.67. The summed E-state index contributed by atoms with van der Waals surface area (Å²) in [5.41, 5.74) is 6.83. The quantitative estimate of drug-likeness (QED) is 0.823.